The van der Waals surface area contributed by atoms with Gasteiger partial charge in [0.05, 0.1) is 22.6 Å². The van der Waals surface area contributed by atoms with Crippen molar-refractivity contribution in [3.8, 4) is 5.69 Å². The smallest absolute Gasteiger partial charge is 0.124 e. The number of hydrogen-bond donors (Lipinski definition) is 1. The van der Waals surface area contributed by atoms with E-state index in [2.05, 4.69) is 31.6 Å². The van der Waals surface area contributed by atoms with Gasteiger partial charge in [-0.15, -0.1) is 17.5 Å². The summed E-state index contributed by atoms with van der Waals surface area (Å²) < 4.78 is 14.8. The lowest BCUT2D eigenvalue weighted by Crippen LogP contribution is -2.45. The Kier molecular flexibility index (Phi) is 6.38. The highest BCUT2D eigenvalue weighted by atomic mass is 35.5. The minimum absolute atomic E-state index is 0. The summed E-state index contributed by atoms with van der Waals surface area (Å²) in [6.07, 6.45) is 5.52. The van der Waals surface area contributed by atoms with E-state index >= 15 is 0 Å². The zero-order valence-corrected chi connectivity index (χ0v) is 16.0. The van der Waals surface area contributed by atoms with E-state index in [1.54, 1.807) is 16.9 Å². The molecule has 27 heavy (non-hydrogen) atoms. The quantitative estimate of drug-likeness (QED) is 0.718. The van der Waals surface area contributed by atoms with Gasteiger partial charge in [-0.1, -0.05) is 22.9 Å². The molecule has 9 heteroatoms. The first-order chi connectivity index (χ1) is 12.7. The van der Waals surface area contributed by atoms with Gasteiger partial charge in [-0.2, -0.15) is 0 Å². The summed E-state index contributed by atoms with van der Waals surface area (Å²) in [5, 5.41) is 12.1. The summed E-state index contributed by atoms with van der Waals surface area (Å²) in [5.74, 6) is -0.376. The van der Waals surface area contributed by atoms with Gasteiger partial charge in [-0.05, 0) is 29.8 Å². The molecule has 0 amide bonds. The minimum Gasteiger partial charge on any atom is -0.314 e. The molecule has 3 heterocycles. The Morgan fingerprint density at radius 2 is 2.19 bits per heavy atom. The fourth-order valence-electron chi connectivity index (χ4n) is 3.20. The van der Waals surface area contributed by atoms with E-state index in [0.717, 1.165) is 25.3 Å². The van der Waals surface area contributed by atoms with Crippen molar-refractivity contribution in [3.63, 3.8) is 0 Å². The van der Waals surface area contributed by atoms with Gasteiger partial charge in [0.15, 0.2) is 0 Å². The summed E-state index contributed by atoms with van der Waals surface area (Å²) in [7, 11) is 0. The molecule has 6 nitrogen and oxygen atoms in total. The Hall–Kier alpha value is -2.06. The molecule has 1 aromatic carbocycles. The van der Waals surface area contributed by atoms with Crippen LogP contribution in [0.15, 0.2) is 48.9 Å². The number of piperazine rings is 1. The van der Waals surface area contributed by atoms with Crippen molar-refractivity contribution in [1.82, 2.24) is 30.2 Å². The van der Waals surface area contributed by atoms with Gasteiger partial charge >= 0.3 is 0 Å². The van der Waals surface area contributed by atoms with Gasteiger partial charge in [0.25, 0.3) is 0 Å². The Bertz CT molecular complexity index is 889. The van der Waals surface area contributed by atoms with Crippen LogP contribution in [0.3, 0.4) is 0 Å². The van der Waals surface area contributed by atoms with E-state index < -0.39 is 0 Å². The Labute approximate surface area is 167 Å². The molecule has 1 N–H and O–H groups in total. The molecule has 0 aliphatic carbocycles. The summed E-state index contributed by atoms with van der Waals surface area (Å²) in [4.78, 5) is 6.59. The van der Waals surface area contributed by atoms with Crippen LogP contribution in [0.25, 0.3) is 5.69 Å². The fraction of sp³-hybridized carbons (Fsp3) is 0.278. The molecular formula is C18H19Cl2FN6. The predicted octanol–water partition coefficient (Wildman–Crippen LogP) is 3.02. The van der Waals surface area contributed by atoms with Crippen LogP contribution < -0.4 is 5.32 Å². The van der Waals surface area contributed by atoms with E-state index in [9.17, 15) is 4.39 Å². The number of pyridine rings is 1. The third kappa shape index (κ3) is 4.44. The monoisotopic (exact) mass is 408 g/mol. The standard InChI is InChI=1S/C18H18ClFN6.ClH/c19-16-8-14(20)3-4-17(16)26-12-15(23-24-26)11-25-7-6-22-10-18(25)13-2-1-5-21-9-13;/h1-5,8-9,12,18,22H,6-7,10-11H2;1H. The second-order valence-electron chi connectivity index (χ2n) is 6.23. The van der Waals surface area contributed by atoms with Crippen LogP contribution in [0.1, 0.15) is 17.3 Å². The second-order valence-corrected chi connectivity index (χ2v) is 6.63. The summed E-state index contributed by atoms with van der Waals surface area (Å²) in [6.45, 7) is 3.36. The van der Waals surface area contributed by atoms with Gasteiger partial charge < -0.3 is 5.32 Å². The van der Waals surface area contributed by atoms with E-state index in [4.69, 9.17) is 11.6 Å². The van der Waals surface area contributed by atoms with E-state index in [0.29, 0.717) is 17.3 Å². The average Bonchev–Trinajstić information content (AvgIpc) is 3.11. The molecular weight excluding hydrogens is 390 g/mol. The van der Waals surface area contributed by atoms with Crippen LogP contribution >= 0.6 is 24.0 Å². The minimum atomic E-state index is -0.376. The Morgan fingerprint density at radius 3 is 2.96 bits per heavy atom. The van der Waals surface area contributed by atoms with Crippen LogP contribution in [-0.4, -0.2) is 44.5 Å². The number of halogens is 3. The molecule has 0 radical (unpaired) electrons. The van der Waals surface area contributed by atoms with Gasteiger partial charge in [0, 0.05) is 44.6 Å². The number of nitrogens with one attached hydrogen (secondary N) is 1. The molecule has 0 saturated carbocycles. The highest BCUT2D eigenvalue weighted by molar-refractivity contribution is 6.32. The summed E-state index contributed by atoms with van der Waals surface area (Å²) in [6, 6.07) is 8.50. The van der Waals surface area contributed by atoms with E-state index in [1.807, 2.05) is 18.5 Å². The molecule has 1 aliphatic rings. The van der Waals surface area contributed by atoms with Crippen molar-refractivity contribution < 1.29 is 4.39 Å². The molecule has 142 valence electrons. The molecule has 0 bridgehead atoms. The van der Waals surface area contributed by atoms with Crippen LogP contribution in [-0.2, 0) is 6.54 Å². The first-order valence-electron chi connectivity index (χ1n) is 8.42. The Morgan fingerprint density at radius 1 is 1.30 bits per heavy atom. The first-order valence-corrected chi connectivity index (χ1v) is 8.80. The third-order valence-corrected chi connectivity index (χ3v) is 4.79. The highest BCUT2D eigenvalue weighted by Gasteiger charge is 2.24. The van der Waals surface area contributed by atoms with Crippen molar-refractivity contribution in [3.05, 3.63) is 71.0 Å². The maximum atomic E-state index is 13.2. The van der Waals surface area contributed by atoms with E-state index in [1.165, 1.54) is 17.7 Å². The van der Waals surface area contributed by atoms with Crippen LogP contribution in [0.4, 0.5) is 4.39 Å². The average molecular weight is 409 g/mol. The normalized spacial score (nSPS) is 17.5. The van der Waals surface area contributed by atoms with Crippen molar-refractivity contribution in [2.45, 2.75) is 12.6 Å². The lowest BCUT2D eigenvalue weighted by atomic mass is 10.1. The zero-order valence-electron chi connectivity index (χ0n) is 14.4. The molecule has 0 spiro atoms. The highest BCUT2D eigenvalue weighted by Crippen LogP contribution is 2.24. The Balaban J connectivity index is 0.00000210. The number of rotatable bonds is 4. The molecule has 3 aromatic rings. The van der Waals surface area contributed by atoms with E-state index in [-0.39, 0.29) is 24.3 Å². The van der Waals surface area contributed by atoms with Crippen LogP contribution in [0, 0.1) is 5.82 Å². The zero-order chi connectivity index (χ0) is 17.9. The maximum absolute atomic E-state index is 13.2. The van der Waals surface area contributed by atoms with Crippen molar-refractivity contribution >= 4 is 24.0 Å². The van der Waals surface area contributed by atoms with Crippen molar-refractivity contribution in [2.24, 2.45) is 0 Å². The number of hydrogen-bond acceptors (Lipinski definition) is 5. The molecule has 1 aliphatic heterocycles. The molecule has 2 aromatic heterocycles. The fourth-order valence-corrected chi connectivity index (χ4v) is 3.45. The molecule has 1 fully saturated rings. The van der Waals surface area contributed by atoms with Gasteiger partial charge in [0.2, 0.25) is 0 Å². The summed E-state index contributed by atoms with van der Waals surface area (Å²) in [5.41, 5.74) is 2.62. The molecule has 1 atom stereocenters. The van der Waals surface area contributed by atoms with Crippen molar-refractivity contribution in [2.75, 3.05) is 19.6 Å². The third-order valence-electron chi connectivity index (χ3n) is 4.49. The van der Waals surface area contributed by atoms with Crippen LogP contribution in [0.5, 0.6) is 0 Å². The SMILES string of the molecule is Cl.Fc1ccc(-n2cc(CN3CCNCC3c3cccnc3)nn2)c(Cl)c1. The second kappa shape index (κ2) is 8.75. The van der Waals surface area contributed by atoms with Gasteiger partial charge in [-0.25, -0.2) is 9.07 Å². The van der Waals surface area contributed by atoms with Gasteiger partial charge in [0.1, 0.15) is 5.82 Å². The largest absolute Gasteiger partial charge is 0.314 e. The summed E-state index contributed by atoms with van der Waals surface area (Å²) >= 11 is 6.11. The number of benzene rings is 1. The lowest BCUT2D eigenvalue weighted by Gasteiger charge is -2.35. The topological polar surface area (TPSA) is 58.9 Å². The van der Waals surface area contributed by atoms with Crippen molar-refractivity contribution in [1.29, 1.82) is 0 Å². The first kappa shape index (κ1) is 19.7. The molecule has 1 unspecified atom stereocenters. The van der Waals surface area contributed by atoms with Gasteiger partial charge in [-0.3, -0.25) is 9.88 Å². The lowest BCUT2D eigenvalue weighted by molar-refractivity contribution is 0.151. The molecule has 1 saturated heterocycles. The molecule has 4 rings (SSSR count). The van der Waals surface area contributed by atoms with Crippen LogP contribution in [0.2, 0.25) is 5.02 Å². The maximum Gasteiger partial charge on any atom is 0.124 e. The number of nitrogens with zero attached hydrogens (tertiary/aromatic N) is 5. The predicted molar refractivity (Wildman–Crippen MR) is 104 cm³/mol. The number of aromatic nitrogens is 4.